The zero-order chi connectivity index (χ0) is 8.81. The van der Waals surface area contributed by atoms with Crippen molar-refractivity contribution >= 4 is 17.3 Å². The maximum Gasteiger partial charge on any atom is 0.307 e. The Balaban J connectivity index is 2.26. The molecule has 1 rings (SSSR count). The van der Waals surface area contributed by atoms with Gasteiger partial charge in [-0.1, -0.05) is 18.2 Å². The molecule has 0 radical (unpaired) electrons. The van der Waals surface area contributed by atoms with Crippen LogP contribution in [0, 0.1) is 0 Å². The Kier molecular flexibility index (Phi) is 3.54. The minimum absolute atomic E-state index is 0.116. The van der Waals surface area contributed by atoms with E-state index in [1.807, 2.05) is 23.6 Å². The summed E-state index contributed by atoms with van der Waals surface area (Å²) in [6, 6.07) is 4.03. The number of hydrogen-bond acceptors (Lipinski definition) is 2. The second-order valence-electron chi connectivity index (χ2n) is 2.35. The highest BCUT2D eigenvalue weighted by molar-refractivity contribution is 7.09. The first-order chi connectivity index (χ1) is 5.79. The fourth-order valence-electron chi connectivity index (χ4n) is 0.812. The summed E-state index contributed by atoms with van der Waals surface area (Å²) in [5.74, 6) is -0.780. The van der Waals surface area contributed by atoms with Gasteiger partial charge in [-0.05, 0) is 17.9 Å². The van der Waals surface area contributed by atoms with Gasteiger partial charge < -0.3 is 5.11 Å². The van der Waals surface area contributed by atoms with Gasteiger partial charge in [-0.2, -0.15) is 0 Å². The minimum Gasteiger partial charge on any atom is -0.481 e. The number of thiophene rings is 1. The Morgan fingerprint density at radius 3 is 3.00 bits per heavy atom. The number of allylic oxidation sites excluding steroid dienone is 1. The van der Waals surface area contributed by atoms with Gasteiger partial charge in [0.2, 0.25) is 0 Å². The molecule has 0 atom stereocenters. The normalized spacial score (nSPS) is 10.7. The van der Waals surface area contributed by atoms with Gasteiger partial charge in [-0.25, -0.2) is 0 Å². The van der Waals surface area contributed by atoms with Gasteiger partial charge >= 0.3 is 5.97 Å². The van der Waals surface area contributed by atoms with E-state index in [1.165, 1.54) is 4.88 Å². The first-order valence-corrected chi connectivity index (χ1v) is 4.56. The Morgan fingerprint density at radius 2 is 2.42 bits per heavy atom. The van der Waals surface area contributed by atoms with E-state index in [2.05, 4.69) is 0 Å². The van der Waals surface area contributed by atoms with Crippen LogP contribution in [0.2, 0.25) is 0 Å². The van der Waals surface area contributed by atoms with Crippen LogP contribution in [0.5, 0.6) is 0 Å². The smallest absolute Gasteiger partial charge is 0.307 e. The lowest BCUT2D eigenvalue weighted by molar-refractivity contribution is -0.136. The van der Waals surface area contributed by atoms with Crippen molar-refractivity contribution in [3.05, 3.63) is 34.5 Å². The molecule has 0 amide bonds. The third-order valence-corrected chi connectivity index (χ3v) is 2.26. The third-order valence-electron chi connectivity index (χ3n) is 1.36. The van der Waals surface area contributed by atoms with Crippen LogP contribution in [0.1, 0.15) is 11.3 Å². The molecule has 0 unspecified atom stereocenters. The second-order valence-corrected chi connectivity index (χ2v) is 3.39. The van der Waals surface area contributed by atoms with E-state index in [4.69, 9.17) is 5.11 Å². The number of carbonyl (C=O) groups is 1. The zero-order valence-corrected chi connectivity index (χ0v) is 7.38. The molecule has 3 heteroatoms. The van der Waals surface area contributed by atoms with Gasteiger partial charge in [0.05, 0.1) is 6.42 Å². The van der Waals surface area contributed by atoms with Crippen molar-refractivity contribution in [2.24, 2.45) is 0 Å². The van der Waals surface area contributed by atoms with Crippen LogP contribution in [0.4, 0.5) is 0 Å². The molecule has 0 aliphatic rings. The fraction of sp³-hybridized carbons (Fsp3) is 0.222. The van der Waals surface area contributed by atoms with Crippen molar-refractivity contribution in [1.82, 2.24) is 0 Å². The predicted octanol–water partition coefficient (Wildman–Crippen LogP) is 2.32. The lowest BCUT2D eigenvalue weighted by atomic mass is 10.3. The molecule has 0 aliphatic heterocycles. The summed E-state index contributed by atoms with van der Waals surface area (Å²) >= 11 is 1.68. The highest BCUT2D eigenvalue weighted by Crippen LogP contribution is 2.09. The largest absolute Gasteiger partial charge is 0.481 e. The van der Waals surface area contributed by atoms with Crippen molar-refractivity contribution in [2.45, 2.75) is 12.8 Å². The molecule has 0 saturated carbocycles. The Hall–Kier alpha value is -1.09. The summed E-state index contributed by atoms with van der Waals surface area (Å²) in [6.45, 7) is 0. The minimum atomic E-state index is -0.780. The highest BCUT2D eigenvalue weighted by atomic mass is 32.1. The summed E-state index contributed by atoms with van der Waals surface area (Å²) in [5.41, 5.74) is 0. The van der Waals surface area contributed by atoms with Gasteiger partial charge in [0.25, 0.3) is 0 Å². The summed E-state index contributed by atoms with van der Waals surface area (Å²) in [4.78, 5) is 11.4. The van der Waals surface area contributed by atoms with Gasteiger partial charge in [0, 0.05) is 4.88 Å². The van der Waals surface area contributed by atoms with Crippen LogP contribution in [0.25, 0.3) is 0 Å². The van der Waals surface area contributed by atoms with Gasteiger partial charge in [0.15, 0.2) is 0 Å². The van der Waals surface area contributed by atoms with Gasteiger partial charge in [0.1, 0.15) is 0 Å². The molecule has 0 aromatic carbocycles. The molecule has 12 heavy (non-hydrogen) atoms. The van der Waals surface area contributed by atoms with Gasteiger partial charge in [-0.3, -0.25) is 4.79 Å². The quantitative estimate of drug-likeness (QED) is 0.725. The average molecular weight is 182 g/mol. The van der Waals surface area contributed by atoms with Crippen molar-refractivity contribution in [3.63, 3.8) is 0 Å². The number of rotatable bonds is 4. The van der Waals surface area contributed by atoms with E-state index < -0.39 is 5.97 Å². The molecule has 1 aromatic heterocycles. The fourth-order valence-corrected chi connectivity index (χ4v) is 1.49. The molecule has 0 bridgehead atoms. The lowest BCUT2D eigenvalue weighted by Gasteiger charge is -1.86. The molecular weight excluding hydrogens is 172 g/mol. The van der Waals surface area contributed by atoms with E-state index in [0.717, 1.165) is 6.42 Å². The highest BCUT2D eigenvalue weighted by Gasteiger charge is 1.90. The monoisotopic (exact) mass is 182 g/mol. The van der Waals surface area contributed by atoms with Crippen LogP contribution in [0.3, 0.4) is 0 Å². The molecular formula is C9H10O2S. The maximum absolute atomic E-state index is 10.1. The van der Waals surface area contributed by atoms with Gasteiger partial charge in [-0.15, -0.1) is 11.3 Å². The molecule has 64 valence electrons. The van der Waals surface area contributed by atoms with Crippen molar-refractivity contribution in [1.29, 1.82) is 0 Å². The van der Waals surface area contributed by atoms with E-state index in [1.54, 1.807) is 17.4 Å². The topological polar surface area (TPSA) is 37.3 Å². The van der Waals surface area contributed by atoms with Crippen LogP contribution in [-0.4, -0.2) is 11.1 Å². The summed E-state index contributed by atoms with van der Waals surface area (Å²) < 4.78 is 0. The van der Waals surface area contributed by atoms with Crippen molar-refractivity contribution in [2.75, 3.05) is 0 Å². The van der Waals surface area contributed by atoms with Crippen LogP contribution in [0.15, 0.2) is 29.7 Å². The number of hydrogen-bond donors (Lipinski definition) is 1. The predicted molar refractivity (Wildman–Crippen MR) is 49.4 cm³/mol. The molecule has 1 aromatic rings. The number of carboxylic acids is 1. The zero-order valence-electron chi connectivity index (χ0n) is 6.56. The average Bonchev–Trinajstić information content (AvgIpc) is 2.49. The van der Waals surface area contributed by atoms with E-state index in [0.29, 0.717) is 0 Å². The van der Waals surface area contributed by atoms with E-state index in [9.17, 15) is 4.79 Å². The molecule has 2 nitrogen and oxygen atoms in total. The summed E-state index contributed by atoms with van der Waals surface area (Å²) in [5, 5.41) is 10.3. The second kappa shape index (κ2) is 4.72. The van der Waals surface area contributed by atoms with Crippen LogP contribution >= 0.6 is 11.3 Å². The molecule has 1 heterocycles. The Bertz CT molecular complexity index is 262. The van der Waals surface area contributed by atoms with Crippen molar-refractivity contribution < 1.29 is 9.90 Å². The van der Waals surface area contributed by atoms with Crippen LogP contribution in [-0.2, 0) is 11.2 Å². The number of aliphatic carboxylic acids is 1. The SMILES string of the molecule is O=C(O)C/C=C\Cc1cccs1. The third kappa shape index (κ3) is 3.34. The molecule has 0 spiro atoms. The Labute approximate surface area is 75.2 Å². The molecule has 0 saturated heterocycles. The first-order valence-electron chi connectivity index (χ1n) is 3.68. The van der Waals surface area contributed by atoms with E-state index >= 15 is 0 Å². The lowest BCUT2D eigenvalue weighted by Crippen LogP contribution is -1.89. The van der Waals surface area contributed by atoms with E-state index in [-0.39, 0.29) is 6.42 Å². The van der Waals surface area contributed by atoms with Crippen LogP contribution < -0.4 is 0 Å². The first kappa shape index (κ1) is 9.00. The number of carboxylic acid groups (broad SMARTS) is 1. The molecule has 1 N–H and O–H groups in total. The summed E-state index contributed by atoms with van der Waals surface area (Å²) in [6.07, 6.45) is 4.53. The summed E-state index contributed by atoms with van der Waals surface area (Å²) in [7, 11) is 0. The van der Waals surface area contributed by atoms with Crippen molar-refractivity contribution in [3.8, 4) is 0 Å². The maximum atomic E-state index is 10.1. The molecule has 0 fully saturated rings. The molecule has 0 aliphatic carbocycles. The Morgan fingerprint density at radius 1 is 1.58 bits per heavy atom. The standard InChI is InChI=1S/C9H10O2S/c10-9(11)6-2-1-4-8-5-3-7-12-8/h1-3,5,7H,4,6H2,(H,10,11)/b2-1-.